The summed E-state index contributed by atoms with van der Waals surface area (Å²) in [5, 5.41) is 0. The lowest BCUT2D eigenvalue weighted by Crippen LogP contribution is -2.40. The summed E-state index contributed by atoms with van der Waals surface area (Å²) in [6.07, 6.45) is 1.03. The van der Waals surface area contributed by atoms with Gasteiger partial charge in [-0.2, -0.15) is 9.30 Å². The van der Waals surface area contributed by atoms with Crippen molar-refractivity contribution in [2.24, 2.45) is 12.0 Å². The molecule has 3 heterocycles. The lowest BCUT2D eigenvalue weighted by Gasteiger charge is -2.21. The maximum atomic E-state index is 13.2. The Morgan fingerprint density at radius 2 is 1.91 bits per heavy atom. The molecule has 1 saturated heterocycles. The molecule has 1 atom stereocenters. The highest BCUT2D eigenvalue weighted by atomic mass is 32.2. The van der Waals surface area contributed by atoms with Gasteiger partial charge in [-0.05, 0) is 37.1 Å². The van der Waals surface area contributed by atoms with Gasteiger partial charge in [0.15, 0.2) is 16.3 Å². The molecule has 0 bridgehead atoms. The number of carbonyl (C=O) groups is 1. The van der Waals surface area contributed by atoms with E-state index in [1.54, 1.807) is 16.7 Å². The van der Waals surface area contributed by atoms with Crippen molar-refractivity contribution in [1.29, 1.82) is 0 Å². The Bertz CT molecular complexity index is 1380. The average molecular weight is 476 g/mol. The molecule has 1 fully saturated rings. The second-order valence-electron chi connectivity index (χ2n) is 7.52. The fraction of sp³-hybridized carbons (Fsp3) is 0.333. The van der Waals surface area contributed by atoms with Gasteiger partial charge in [0.05, 0.1) is 22.2 Å². The molecule has 0 aliphatic carbocycles. The van der Waals surface area contributed by atoms with E-state index in [0.29, 0.717) is 34.9 Å². The second-order valence-corrected chi connectivity index (χ2v) is 10.4. The molecule has 3 aromatic rings. The van der Waals surface area contributed by atoms with Gasteiger partial charge in [-0.15, -0.1) is 0 Å². The van der Waals surface area contributed by atoms with E-state index in [0.717, 1.165) is 10.2 Å². The number of amides is 1. The number of aryl methyl sites for hydroxylation is 1. The van der Waals surface area contributed by atoms with Crippen LogP contribution in [0.5, 0.6) is 17.2 Å². The van der Waals surface area contributed by atoms with Crippen LogP contribution < -0.4 is 19.0 Å². The number of nitrogens with zero attached hydrogens (tertiary/aromatic N) is 3. The van der Waals surface area contributed by atoms with E-state index in [4.69, 9.17) is 14.2 Å². The van der Waals surface area contributed by atoms with E-state index >= 15 is 0 Å². The van der Waals surface area contributed by atoms with Crippen LogP contribution in [0.1, 0.15) is 12.8 Å². The number of carbonyl (C=O) groups excluding carboxylic acids is 1. The number of ether oxygens (including phenoxy) is 3. The highest BCUT2D eigenvalue weighted by Crippen LogP contribution is 2.36. The molecule has 1 amide bonds. The molecule has 168 valence electrons. The summed E-state index contributed by atoms with van der Waals surface area (Å²) in [7, 11) is -0.503. The van der Waals surface area contributed by atoms with Gasteiger partial charge in [0, 0.05) is 25.7 Å². The lowest BCUT2D eigenvalue weighted by molar-refractivity contribution is -0.121. The molecular formula is C21H21N3O6S2. The molecule has 9 nitrogen and oxygen atoms in total. The van der Waals surface area contributed by atoms with Crippen LogP contribution in [0.25, 0.3) is 10.2 Å². The third kappa shape index (κ3) is 3.46. The van der Waals surface area contributed by atoms with E-state index < -0.39 is 22.0 Å². The topological polar surface area (TPSA) is 99.4 Å². The summed E-state index contributed by atoms with van der Waals surface area (Å²) in [5.41, 5.74) is 0.861. The predicted molar refractivity (Wildman–Crippen MR) is 117 cm³/mol. The first-order chi connectivity index (χ1) is 15.4. The number of hydrogen-bond acceptors (Lipinski definition) is 7. The van der Waals surface area contributed by atoms with Gasteiger partial charge in [-0.25, -0.2) is 8.42 Å². The van der Waals surface area contributed by atoms with Crippen molar-refractivity contribution < 1.29 is 27.4 Å². The predicted octanol–water partition coefficient (Wildman–Crippen LogP) is 2.26. The molecule has 2 aliphatic rings. The standard InChI is InChI=1S/C21H21N3O6S2/c1-23-16-10-17-18(30-12-29-17)11-19(16)31-21(23)22-20(25)15-4-3-9-24(15)32(26,27)14-7-5-13(28-2)6-8-14/h5-8,10-11,15H,3-4,9,12H2,1-2H3. The molecule has 0 radical (unpaired) electrons. The summed E-state index contributed by atoms with van der Waals surface area (Å²) < 4.78 is 46.3. The summed E-state index contributed by atoms with van der Waals surface area (Å²) in [6.45, 7) is 0.465. The number of aromatic nitrogens is 1. The zero-order chi connectivity index (χ0) is 22.5. The normalized spacial score (nSPS) is 19.1. The molecular weight excluding hydrogens is 454 g/mol. The fourth-order valence-electron chi connectivity index (χ4n) is 3.95. The zero-order valence-electron chi connectivity index (χ0n) is 17.5. The van der Waals surface area contributed by atoms with Gasteiger partial charge in [0.1, 0.15) is 11.8 Å². The third-order valence-corrected chi connectivity index (χ3v) is 8.68. The molecule has 0 N–H and O–H groups in total. The molecule has 1 aromatic heterocycles. The van der Waals surface area contributed by atoms with Gasteiger partial charge in [-0.1, -0.05) is 11.3 Å². The highest BCUT2D eigenvalue weighted by molar-refractivity contribution is 7.89. The molecule has 2 aliphatic heterocycles. The molecule has 2 aromatic carbocycles. The minimum atomic E-state index is -3.83. The number of methoxy groups -OCH3 is 1. The summed E-state index contributed by atoms with van der Waals surface area (Å²) in [4.78, 5) is 18.0. The van der Waals surface area contributed by atoms with Crippen molar-refractivity contribution in [2.45, 2.75) is 23.8 Å². The Morgan fingerprint density at radius 3 is 2.62 bits per heavy atom. The summed E-state index contributed by atoms with van der Waals surface area (Å²) in [6, 6.07) is 9.04. The monoisotopic (exact) mass is 475 g/mol. The number of benzene rings is 2. The second kappa shape index (κ2) is 7.91. The van der Waals surface area contributed by atoms with Crippen LogP contribution in [0.2, 0.25) is 0 Å². The maximum absolute atomic E-state index is 13.2. The molecule has 32 heavy (non-hydrogen) atoms. The highest BCUT2D eigenvalue weighted by Gasteiger charge is 2.39. The van der Waals surface area contributed by atoms with Crippen molar-refractivity contribution in [3.63, 3.8) is 0 Å². The lowest BCUT2D eigenvalue weighted by atomic mass is 10.2. The molecule has 1 unspecified atom stereocenters. The largest absolute Gasteiger partial charge is 0.497 e. The van der Waals surface area contributed by atoms with Gasteiger partial charge < -0.3 is 18.8 Å². The summed E-state index contributed by atoms with van der Waals surface area (Å²) >= 11 is 1.34. The van der Waals surface area contributed by atoms with Crippen molar-refractivity contribution in [3.05, 3.63) is 41.2 Å². The molecule has 5 rings (SSSR count). The van der Waals surface area contributed by atoms with Crippen LogP contribution in [0, 0.1) is 0 Å². The van der Waals surface area contributed by atoms with Gasteiger partial charge in [0.2, 0.25) is 16.8 Å². The molecule has 11 heteroatoms. The van der Waals surface area contributed by atoms with E-state index in [-0.39, 0.29) is 18.2 Å². The van der Waals surface area contributed by atoms with Crippen molar-refractivity contribution in [2.75, 3.05) is 20.4 Å². The minimum absolute atomic E-state index is 0.125. The Hall–Kier alpha value is -2.89. The number of rotatable bonds is 4. The first-order valence-electron chi connectivity index (χ1n) is 10.0. The Labute approximate surface area is 188 Å². The number of thiazole rings is 1. The Morgan fingerprint density at radius 1 is 1.19 bits per heavy atom. The van der Waals surface area contributed by atoms with Crippen LogP contribution in [-0.2, 0) is 21.9 Å². The first-order valence-corrected chi connectivity index (χ1v) is 12.3. The average Bonchev–Trinajstić information content (AvgIpc) is 3.52. The number of hydrogen-bond donors (Lipinski definition) is 0. The Kier molecular flexibility index (Phi) is 5.19. The van der Waals surface area contributed by atoms with Crippen molar-refractivity contribution >= 4 is 37.5 Å². The van der Waals surface area contributed by atoms with Crippen LogP contribution in [0.4, 0.5) is 0 Å². The molecule has 0 spiro atoms. The van der Waals surface area contributed by atoms with Crippen LogP contribution in [0.15, 0.2) is 46.3 Å². The van der Waals surface area contributed by atoms with E-state index in [1.807, 2.05) is 19.2 Å². The zero-order valence-corrected chi connectivity index (χ0v) is 19.1. The van der Waals surface area contributed by atoms with Crippen LogP contribution in [-0.4, -0.2) is 49.7 Å². The SMILES string of the molecule is COc1ccc(S(=O)(=O)N2CCCC2C(=O)N=c2sc3cc4c(cc3n2C)OCO4)cc1. The Balaban J connectivity index is 1.47. The summed E-state index contributed by atoms with van der Waals surface area (Å²) in [5.74, 6) is 1.40. The smallest absolute Gasteiger partial charge is 0.266 e. The fourth-order valence-corrected chi connectivity index (χ4v) is 6.64. The minimum Gasteiger partial charge on any atom is -0.497 e. The third-order valence-electron chi connectivity index (χ3n) is 5.66. The maximum Gasteiger partial charge on any atom is 0.266 e. The first kappa shape index (κ1) is 21.0. The van der Waals surface area contributed by atoms with Crippen molar-refractivity contribution in [1.82, 2.24) is 8.87 Å². The van der Waals surface area contributed by atoms with E-state index in [9.17, 15) is 13.2 Å². The quantitative estimate of drug-likeness (QED) is 0.574. The van der Waals surface area contributed by atoms with Crippen LogP contribution in [0.3, 0.4) is 0 Å². The molecule has 0 saturated carbocycles. The number of fused-ring (bicyclic) bond motifs is 2. The number of sulfonamides is 1. The van der Waals surface area contributed by atoms with Gasteiger partial charge in [0.25, 0.3) is 5.91 Å². The van der Waals surface area contributed by atoms with E-state index in [2.05, 4.69) is 4.99 Å². The van der Waals surface area contributed by atoms with Crippen molar-refractivity contribution in [3.8, 4) is 17.2 Å². The van der Waals surface area contributed by atoms with Crippen LogP contribution >= 0.6 is 11.3 Å². The van der Waals surface area contributed by atoms with Gasteiger partial charge in [-0.3, -0.25) is 4.79 Å². The van der Waals surface area contributed by atoms with Gasteiger partial charge >= 0.3 is 0 Å². The van der Waals surface area contributed by atoms with E-state index in [1.165, 1.54) is 34.9 Å².